The molecule has 156 valence electrons. The molecule has 2 heterocycles. The predicted molar refractivity (Wildman–Crippen MR) is 122 cm³/mol. The maximum Gasteiger partial charge on any atom is 0.264 e. The lowest BCUT2D eigenvalue weighted by Gasteiger charge is -2.34. The number of amides is 1. The molecule has 1 saturated heterocycles. The fraction of sp³-hybridized carbons (Fsp3) is 0.320. The Morgan fingerprint density at radius 2 is 1.63 bits per heavy atom. The number of carbonyl (C=O) groups is 1. The second kappa shape index (κ2) is 9.45. The number of hydrogen-bond acceptors (Lipinski definition) is 4. The number of aryl methyl sites for hydroxylation is 2. The molecule has 0 unspecified atom stereocenters. The second-order valence-corrected chi connectivity index (χ2v) is 8.90. The smallest absolute Gasteiger partial charge is 0.264 e. The average Bonchev–Trinajstić information content (AvgIpc) is 3.21. The van der Waals surface area contributed by atoms with Gasteiger partial charge in [-0.15, -0.1) is 11.3 Å². The fourth-order valence-electron chi connectivity index (χ4n) is 3.85. The van der Waals surface area contributed by atoms with E-state index in [4.69, 9.17) is 4.74 Å². The summed E-state index contributed by atoms with van der Waals surface area (Å²) < 4.78 is 5.94. The zero-order chi connectivity index (χ0) is 20.9. The van der Waals surface area contributed by atoms with Crippen LogP contribution in [0.2, 0.25) is 0 Å². The highest BCUT2D eigenvalue weighted by Crippen LogP contribution is 2.22. The van der Waals surface area contributed by atoms with Crippen molar-refractivity contribution in [1.29, 1.82) is 0 Å². The van der Waals surface area contributed by atoms with Crippen LogP contribution in [-0.4, -0.2) is 41.9 Å². The highest BCUT2D eigenvalue weighted by molar-refractivity contribution is 7.12. The largest absolute Gasteiger partial charge is 0.489 e. The lowest BCUT2D eigenvalue weighted by Crippen LogP contribution is -2.48. The number of benzene rings is 2. The SMILES string of the molecule is Cc1cc(C)cc(OCc2csc(C(=O)N3CCN(Cc4ccccc4)CC3)c2)c1. The first-order valence-electron chi connectivity index (χ1n) is 10.4. The van der Waals surface area contributed by atoms with Crippen molar-refractivity contribution in [1.82, 2.24) is 9.80 Å². The maximum absolute atomic E-state index is 12.9. The zero-order valence-electron chi connectivity index (χ0n) is 17.6. The zero-order valence-corrected chi connectivity index (χ0v) is 18.5. The quantitative estimate of drug-likeness (QED) is 0.568. The lowest BCUT2D eigenvalue weighted by atomic mass is 10.1. The van der Waals surface area contributed by atoms with Crippen LogP contribution in [0.25, 0.3) is 0 Å². The maximum atomic E-state index is 12.9. The van der Waals surface area contributed by atoms with Crippen molar-refractivity contribution >= 4 is 17.2 Å². The van der Waals surface area contributed by atoms with E-state index in [0.29, 0.717) is 6.61 Å². The standard InChI is InChI=1S/C25H28N2O2S/c1-19-12-20(2)14-23(13-19)29-17-22-15-24(30-18-22)25(28)27-10-8-26(9-11-27)16-21-6-4-3-5-7-21/h3-7,12-15,18H,8-11,16-17H2,1-2H3. The molecule has 3 aromatic rings. The van der Waals surface area contributed by atoms with E-state index in [2.05, 4.69) is 49.1 Å². The van der Waals surface area contributed by atoms with Gasteiger partial charge in [0.1, 0.15) is 12.4 Å². The first-order valence-corrected chi connectivity index (χ1v) is 11.3. The molecule has 1 amide bonds. The van der Waals surface area contributed by atoms with Gasteiger partial charge in [0.15, 0.2) is 0 Å². The molecule has 0 bridgehead atoms. The monoisotopic (exact) mass is 420 g/mol. The molecule has 2 aromatic carbocycles. The fourth-order valence-corrected chi connectivity index (χ4v) is 4.72. The minimum Gasteiger partial charge on any atom is -0.489 e. The van der Waals surface area contributed by atoms with E-state index in [9.17, 15) is 4.79 Å². The van der Waals surface area contributed by atoms with Crippen LogP contribution in [-0.2, 0) is 13.2 Å². The summed E-state index contributed by atoms with van der Waals surface area (Å²) in [5, 5.41) is 2.03. The van der Waals surface area contributed by atoms with Gasteiger partial charge in [0, 0.05) is 38.3 Å². The van der Waals surface area contributed by atoms with Crippen molar-refractivity contribution in [3.8, 4) is 5.75 Å². The third-order valence-electron chi connectivity index (χ3n) is 5.37. The van der Waals surface area contributed by atoms with Gasteiger partial charge in [0.05, 0.1) is 4.88 Å². The molecular formula is C25H28N2O2S. The lowest BCUT2D eigenvalue weighted by molar-refractivity contribution is 0.0633. The van der Waals surface area contributed by atoms with E-state index >= 15 is 0 Å². The molecular weight excluding hydrogens is 392 g/mol. The second-order valence-electron chi connectivity index (χ2n) is 7.99. The Morgan fingerprint density at radius 1 is 0.933 bits per heavy atom. The number of carbonyl (C=O) groups excluding carboxylic acids is 1. The average molecular weight is 421 g/mol. The van der Waals surface area contributed by atoms with Crippen LogP contribution >= 0.6 is 11.3 Å². The molecule has 0 saturated carbocycles. The molecule has 0 radical (unpaired) electrons. The molecule has 30 heavy (non-hydrogen) atoms. The summed E-state index contributed by atoms with van der Waals surface area (Å²) in [6, 6.07) is 18.7. The molecule has 4 rings (SSSR count). The van der Waals surface area contributed by atoms with Crippen LogP contribution in [0.3, 0.4) is 0 Å². The number of thiophene rings is 1. The molecule has 1 aromatic heterocycles. The summed E-state index contributed by atoms with van der Waals surface area (Å²) in [6.07, 6.45) is 0. The highest BCUT2D eigenvalue weighted by atomic mass is 32.1. The van der Waals surface area contributed by atoms with Crippen molar-refractivity contribution in [2.24, 2.45) is 0 Å². The van der Waals surface area contributed by atoms with E-state index in [1.807, 2.05) is 34.5 Å². The Morgan fingerprint density at radius 3 is 2.33 bits per heavy atom. The number of rotatable bonds is 6. The first-order chi connectivity index (χ1) is 14.6. The molecule has 0 spiro atoms. The minimum atomic E-state index is 0.136. The third-order valence-corrected chi connectivity index (χ3v) is 6.34. The third kappa shape index (κ3) is 5.29. The number of ether oxygens (including phenoxy) is 1. The Hall–Kier alpha value is -2.63. The number of hydrogen-bond donors (Lipinski definition) is 0. The summed E-state index contributed by atoms with van der Waals surface area (Å²) >= 11 is 1.51. The summed E-state index contributed by atoms with van der Waals surface area (Å²) in [7, 11) is 0. The van der Waals surface area contributed by atoms with Gasteiger partial charge in [0.25, 0.3) is 5.91 Å². The van der Waals surface area contributed by atoms with Gasteiger partial charge in [0.2, 0.25) is 0 Å². The van der Waals surface area contributed by atoms with Crippen LogP contribution in [0.15, 0.2) is 60.0 Å². The highest BCUT2D eigenvalue weighted by Gasteiger charge is 2.23. The molecule has 0 N–H and O–H groups in total. The van der Waals surface area contributed by atoms with Gasteiger partial charge in [-0.1, -0.05) is 36.4 Å². The summed E-state index contributed by atoms with van der Waals surface area (Å²) in [4.78, 5) is 18.1. The van der Waals surface area contributed by atoms with Crippen LogP contribution < -0.4 is 4.74 Å². The van der Waals surface area contributed by atoms with E-state index in [1.165, 1.54) is 28.0 Å². The van der Waals surface area contributed by atoms with Gasteiger partial charge in [-0.2, -0.15) is 0 Å². The normalized spacial score (nSPS) is 14.7. The van der Waals surface area contributed by atoms with Crippen molar-refractivity contribution in [3.63, 3.8) is 0 Å². The Balaban J connectivity index is 1.29. The topological polar surface area (TPSA) is 32.8 Å². The Bertz CT molecular complexity index is 971. The molecule has 5 heteroatoms. The van der Waals surface area contributed by atoms with Crippen molar-refractivity contribution in [3.05, 3.63) is 87.1 Å². The van der Waals surface area contributed by atoms with Crippen LogP contribution in [0.1, 0.15) is 31.9 Å². The van der Waals surface area contributed by atoms with Gasteiger partial charge < -0.3 is 9.64 Å². The van der Waals surface area contributed by atoms with Crippen LogP contribution in [0.4, 0.5) is 0 Å². The Labute approximate surface area is 182 Å². The molecule has 4 nitrogen and oxygen atoms in total. The molecule has 0 aliphatic carbocycles. The molecule has 1 fully saturated rings. The van der Waals surface area contributed by atoms with Crippen LogP contribution in [0.5, 0.6) is 5.75 Å². The van der Waals surface area contributed by atoms with Crippen molar-refractivity contribution < 1.29 is 9.53 Å². The molecule has 0 atom stereocenters. The summed E-state index contributed by atoms with van der Waals surface area (Å²) in [5.74, 6) is 1.01. The molecule has 1 aliphatic heterocycles. The predicted octanol–water partition coefficient (Wildman–Crippen LogP) is 4.90. The summed E-state index contributed by atoms with van der Waals surface area (Å²) in [6.45, 7) is 8.94. The number of piperazine rings is 1. The van der Waals surface area contributed by atoms with E-state index in [1.54, 1.807) is 0 Å². The van der Waals surface area contributed by atoms with E-state index in [-0.39, 0.29) is 5.91 Å². The van der Waals surface area contributed by atoms with Crippen molar-refractivity contribution in [2.45, 2.75) is 27.0 Å². The van der Waals surface area contributed by atoms with Crippen molar-refractivity contribution in [2.75, 3.05) is 26.2 Å². The Kier molecular flexibility index (Phi) is 6.50. The first kappa shape index (κ1) is 20.6. The van der Waals surface area contributed by atoms with E-state index < -0.39 is 0 Å². The van der Waals surface area contributed by atoms with Gasteiger partial charge in [-0.25, -0.2) is 0 Å². The van der Waals surface area contributed by atoms with Gasteiger partial charge in [-0.05, 0) is 54.1 Å². The van der Waals surface area contributed by atoms with Gasteiger partial charge in [-0.3, -0.25) is 9.69 Å². The van der Waals surface area contributed by atoms with E-state index in [0.717, 1.165) is 48.9 Å². The van der Waals surface area contributed by atoms with Crippen LogP contribution in [0, 0.1) is 13.8 Å². The molecule has 1 aliphatic rings. The summed E-state index contributed by atoms with van der Waals surface area (Å²) in [5.41, 5.74) is 4.75. The van der Waals surface area contributed by atoms with Gasteiger partial charge >= 0.3 is 0 Å². The minimum absolute atomic E-state index is 0.136. The number of nitrogens with zero attached hydrogens (tertiary/aromatic N) is 2.